The highest BCUT2D eigenvalue weighted by Gasteiger charge is 2.28. The molecule has 3 N–H and O–H groups in total. The number of ether oxygens (including phenoxy) is 2. The van der Waals surface area contributed by atoms with Crippen LogP contribution >= 0.6 is 11.8 Å². The first-order valence-corrected chi connectivity index (χ1v) is 9.68. The molecule has 154 valence electrons. The van der Waals surface area contributed by atoms with Crippen LogP contribution in [0, 0.1) is 13.8 Å². The van der Waals surface area contributed by atoms with E-state index in [9.17, 15) is 19.2 Å². The number of carbonyl (C=O) groups is 4. The van der Waals surface area contributed by atoms with Crippen molar-refractivity contribution < 1.29 is 28.7 Å². The number of aryl methyl sites for hydroxylation is 1. The third kappa shape index (κ3) is 5.05. The number of carbonyl (C=O) groups excluding carboxylic acids is 4. The number of esters is 2. The molecular weight excluding hydrogens is 396 g/mol. The maximum absolute atomic E-state index is 12.8. The molecule has 1 aromatic heterocycles. The first-order chi connectivity index (χ1) is 13.7. The Morgan fingerprint density at radius 1 is 1.14 bits per heavy atom. The molecule has 0 bridgehead atoms. The predicted octanol–water partition coefficient (Wildman–Crippen LogP) is 2.42. The van der Waals surface area contributed by atoms with Crippen LogP contribution in [0.15, 0.2) is 29.2 Å². The summed E-state index contributed by atoms with van der Waals surface area (Å²) in [5.41, 5.74) is 6.76. The number of thioether (sulfide) groups is 1. The van der Waals surface area contributed by atoms with Crippen LogP contribution in [0.5, 0.6) is 0 Å². The second-order valence-corrected chi connectivity index (χ2v) is 7.30. The largest absolute Gasteiger partial charge is 0.465 e. The normalized spacial score (nSPS) is 11.6. The van der Waals surface area contributed by atoms with Gasteiger partial charge in [-0.15, -0.1) is 11.8 Å². The number of aromatic amines is 1. The first-order valence-electron chi connectivity index (χ1n) is 8.70. The number of aromatic nitrogens is 1. The zero-order valence-electron chi connectivity index (χ0n) is 16.5. The lowest BCUT2D eigenvalue weighted by Crippen LogP contribution is -2.25. The maximum Gasteiger partial charge on any atom is 0.339 e. The molecule has 0 radical (unpaired) electrons. The number of primary amides is 1. The number of benzene rings is 1. The Kier molecular flexibility index (Phi) is 7.22. The van der Waals surface area contributed by atoms with Gasteiger partial charge in [-0.2, -0.15) is 0 Å². The highest BCUT2D eigenvalue weighted by atomic mass is 32.2. The van der Waals surface area contributed by atoms with Crippen molar-refractivity contribution >= 4 is 35.4 Å². The molecule has 0 spiro atoms. The Morgan fingerprint density at radius 3 is 2.41 bits per heavy atom. The summed E-state index contributed by atoms with van der Waals surface area (Å²) >= 11 is 1.11. The molecule has 1 heterocycles. The molecule has 0 aliphatic heterocycles. The van der Waals surface area contributed by atoms with Gasteiger partial charge in [0.05, 0.1) is 29.7 Å². The smallest absolute Gasteiger partial charge is 0.339 e. The van der Waals surface area contributed by atoms with Crippen molar-refractivity contribution in [2.24, 2.45) is 5.73 Å². The van der Waals surface area contributed by atoms with E-state index in [2.05, 4.69) is 4.98 Å². The maximum atomic E-state index is 12.8. The second-order valence-electron chi connectivity index (χ2n) is 6.28. The van der Waals surface area contributed by atoms with E-state index in [1.165, 1.54) is 14.0 Å². The minimum atomic E-state index is -1.10. The predicted molar refractivity (Wildman–Crippen MR) is 107 cm³/mol. The molecule has 0 saturated carbocycles. The summed E-state index contributed by atoms with van der Waals surface area (Å²) in [5.74, 6) is -2.24. The van der Waals surface area contributed by atoms with Gasteiger partial charge in [0.2, 0.25) is 11.7 Å². The fraction of sp³-hybridized carbons (Fsp3) is 0.300. The zero-order chi connectivity index (χ0) is 21.7. The van der Waals surface area contributed by atoms with E-state index in [4.69, 9.17) is 15.2 Å². The number of nitrogens with one attached hydrogen (secondary N) is 1. The van der Waals surface area contributed by atoms with Crippen LogP contribution in [0.25, 0.3) is 0 Å². The van der Waals surface area contributed by atoms with Crippen molar-refractivity contribution in [3.05, 3.63) is 52.3 Å². The second kappa shape index (κ2) is 9.42. The fourth-order valence-corrected chi connectivity index (χ4v) is 3.57. The highest BCUT2D eigenvalue weighted by molar-refractivity contribution is 8.00. The molecule has 2 aromatic rings. The van der Waals surface area contributed by atoms with Gasteiger partial charge in [-0.1, -0.05) is 12.1 Å². The van der Waals surface area contributed by atoms with Gasteiger partial charge in [0.1, 0.15) is 0 Å². The molecule has 29 heavy (non-hydrogen) atoms. The number of ketones is 1. The molecule has 1 atom stereocenters. The molecule has 0 saturated heterocycles. The number of hydrogen-bond acceptors (Lipinski definition) is 7. The van der Waals surface area contributed by atoms with E-state index >= 15 is 0 Å². The number of amides is 1. The Balaban J connectivity index is 2.20. The molecule has 0 aliphatic rings. The van der Waals surface area contributed by atoms with Crippen molar-refractivity contribution in [1.82, 2.24) is 4.98 Å². The van der Waals surface area contributed by atoms with Crippen LogP contribution in [-0.4, -0.2) is 47.6 Å². The van der Waals surface area contributed by atoms with Crippen LogP contribution in [-0.2, 0) is 14.3 Å². The van der Waals surface area contributed by atoms with Gasteiger partial charge < -0.3 is 20.2 Å². The van der Waals surface area contributed by atoms with Crippen LogP contribution in [0.2, 0.25) is 0 Å². The average Bonchev–Trinajstić information content (AvgIpc) is 2.99. The first kappa shape index (κ1) is 22.2. The van der Waals surface area contributed by atoms with Gasteiger partial charge in [0.15, 0.2) is 6.10 Å². The van der Waals surface area contributed by atoms with Crippen LogP contribution in [0.3, 0.4) is 0 Å². The molecule has 8 nitrogen and oxygen atoms in total. The van der Waals surface area contributed by atoms with Crippen molar-refractivity contribution in [3.8, 4) is 0 Å². The van der Waals surface area contributed by atoms with Gasteiger partial charge in [-0.3, -0.25) is 9.59 Å². The molecule has 1 aromatic carbocycles. The highest BCUT2D eigenvalue weighted by Crippen LogP contribution is 2.25. The monoisotopic (exact) mass is 418 g/mol. The number of rotatable bonds is 8. The summed E-state index contributed by atoms with van der Waals surface area (Å²) in [5, 5.41) is 0. The van der Waals surface area contributed by atoms with Gasteiger partial charge in [-0.05, 0) is 38.5 Å². The average molecular weight is 418 g/mol. The van der Waals surface area contributed by atoms with Crippen LogP contribution in [0.4, 0.5) is 0 Å². The number of H-pyrrole nitrogens is 1. The third-order valence-corrected chi connectivity index (χ3v) is 5.30. The number of Topliss-reactive ketones (excluding diaryl/α,β-unsaturated/α-hetero) is 1. The fourth-order valence-electron chi connectivity index (χ4n) is 2.80. The van der Waals surface area contributed by atoms with Crippen LogP contribution < -0.4 is 5.73 Å². The van der Waals surface area contributed by atoms with Gasteiger partial charge in [0.25, 0.3) is 0 Å². The summed E-state index contributed by atoms with van der Waals surface area (Å²) in [4.78, 5) is 51.7. The van der Waals surface area contributed by atoms with Gasteiger partial charge >= 0.3 is 11.9 Å². The molecule has 1 amide bonds. The quantitative estimate of drug-likeness (QED) is 0.383. The van der Waals surface area contributed by atoms with Crippen molar-refractivity contribution in [3.63, 3.8) is 0 Å². The molecule has 2 rings (SSSR count). The summed E-state index contributed by atoms with van der Waals surface area (Å²) in [6.07, 6.45) is -1.10. The summed E-state index contributed by atoms with van der Waals surface area (Å²) in [6.45, 7) is 4.72. The van der Waals surface area contributed by atoms with E-state index in [1.807, 2.05) is 0 Å². The lowest BCUT2D eigenvalue weighted by molar-refractivity contribution is -0.115. The van der Waals surface area contributed by atoms with Crippen molar-refractivity contribution in [2.75, 3.05) is 12.9 Å². The number of nitrogens with two attached hydrogens (primary N) is 1. The van der Waals surface area contributed by atoms with E-state index in [0.717, 1.165) is 11.8 Å². The topological polar surface area (TPSA) is 129 Å². The van der Waals surface area contributed by atoms with Crippen LogP contribution in [0.1, 0.15) is 49.4 Å². The standard InChI is InChI=1S/C20H22N2O6S/c1-10-16(20(26)27-4)11(2)22-17(10)18(24)12(3)28-19(25)13-7-5-6-8-14(13)29-9-15(21)23/h5-8,12,22H,9H2,1-4H3,(H2,21,23). The van der Waals surface area contributed by atoms with Gasteiger partial charge in [-0.25, -0.2) is 9.59 Å². The Labute approximate surface area is 172 Å². The summed E-state index contributed by atoms with van der Waals surface area (Å²) in [6, 6.07) is 6.58. The Hall–Kier alpha value is -3.07. The molecule has 9 heteroatoms. The van der Waals surface area contributed by atoms with Crippen molar-refractivity contribution in [1.29, 1.82) is 0 Å². The molecular formula is C20H22N2O6S. The summed E-state index contributed by atoms with van der Waals surface area (Å²) < 4.78 is 10.1. The summed E-state index contributed by atoms with van der Waals surface area (Å²) in [7, 11) is 1.26. The minimum absolute atomic E-state index is 0.00995. The minimum Gasteiger partial charge on any atom is -0.465 e. The SMILES string of the molecule is COC(=O)c1c(C)[nH]c(C(=O)C(C)OC(=O)c2ccccc2SCC(N)=O)c1C. The van der Waals surface area contributed by atoms with E-state index < -0.39 is 29.7 Å². The zero-order valence-corrected chi connectivity index (χ0v) is 17.3. The lowest BCUT2D eigenvalue weighted by Gasteiger charge is -2.14. The molecule has 0 fully saturated rings. The van der Waals surface area contributed by atoms with Crippen molar-refractivity contribution in [2.45, 2.75) is 31.8 Å². The van der Waals surface area contributed by atoms with E-state index in [0.29, 0.717) is 16.2 Å². The number of hydrogen-bond donors (Lipinski definition) is 2. The molecule has 0 aliphatic carbocycles. The Morgan fingerprint density at radius 2 is 1.79 bits per heavy atom. The third-order valence-electron chi connectivity index (χ3n) is 4.20. The Bertz CT molecular complexity index is 966. The molecule has 1 unspecified atom stereocenters. The number of methoxy groups -OCH3 is 1. The lowest BCUT2D eigenvalue weighted by atomic mass is 10.1. The van der Waals surface area contributed by atoms with Gasteiger partial charge in [0, 0.05) is 10.6 Å². The van der Waals surface area contributed by atoms with E-state index in [-0.39, 0.29) is 22.6 Å². The van der Waals surface area contributed by atoms with E-state index in [1.54, 1.807) is 38.1 Å².